The fourth-order valence-electron chi connectivity index (χ4n) is 13.3. The standard InChI is InChI=1S/C54H80N2O8/c1-36(2)29-46(59)64-35-45(14-9-11-37(3)42-16-15-38(4)48(60)56-50(6,25-28-63-8)32-41-13-10-12-40(30-41)31-42)51-20-22-53-44(19-27-57)18-17-43(47(53)39(5)34-58)33-52(62,24-26-55-7)54(53,23-21-51)49(51)61/h9-15,17-18,30,34,36,42-44,46,48-49,55-57,59-62H,3,16,19-29,31-33,35H2,1-2,4-8H3/b11-9+,38-15+,45-14-,47-39?/t42-,43-,44+,46-,48+,49+,50-,51-,52+,53-,54+/m0/s1. The minimum Gasteiger partial charge on any atom is -0.396 e. The zero-order valence-corrected chi connectivity index (χ0v) is 39.9. The van der Waals surface area contributed by atoms with Crippen molar-refractivity contribution in [1.29, 1.82) is 0 Å². The number of methoxy groups -OCH3 is 1. The molecule has 10 heteroatoms. The number of nitrogens with one attached hydrogen (secondary N) is 2. The highest BCUT2D eigenvalue weighted by Gasteiger charge is 2.79. The average molecular weight is 885 g/mol. The monoisotopic (exact) mass is 885 g/mol. The zero-order chi connectivity index (χ0) is 46.5. The van der Waals surface area contributed by atoms with Gasteiger partial charge in [0, 0.05) is 54.4 Å². The van der Waals surface area contributed by atoms with E-state index in [1.165, 1.54) is 11.1 Å². The van der Waals surface area contributed by atoms with Crippen LogP contribution in [0.1, 0.15) is 110 Å². The first-order valence-corrected chi connectivity index (χ1v) is 24.0. The highest BCUT2D eigenvalue weighted by Crippen LogP contribution is 2.80. The van der Waals surface area contributed by atoms with E-state index in [0.717, 1.165) is 47.8 Å². The molecule has 2 spiro atoms. The average Bonchev–Trinajstić information content (AvgIpc) is 3.46. The lowest BCUT2D eigenvalue weighted by Crippen LogP contribution is -2.73. The molecule has 1 aromatic carbocycles. The van der Waals surface area contributed by atoms with Gasteiger partial charge in [-0.05, 0) is 156 Å². The Labute approximate surface area is 383 Å². The number of hydrogen-bond donors (Lipinski definition) is 7. The van der Waals surface area contributed by atoms with Crippen LogP contribution in [0.5, 0.6) is 0 Å². The van der Waals surface area contributed by atoms with Gasteiger partial charge >= 0.3 is 0 Å². The molecule has 0 saturated heterocycles. The summed E-state index contributed by atoms with van der Waals surface area (Å²) in [6.45, 7) is 15.9. The largest absolute Gasteiger partial charge is 0.396 e. The van der Waals surface area contributed by atoms with Gasteiger partial charge in [0.2, 0.25) is 0 Å². The topological polar surface area (TPSA) is 161 Å². The van der Waals surface area contributed by atoms with Gasteiger partial charge in [-0.2, -0.15) is 0 Å². The Morgan fingerprint density at radius 1 is 1.11 bits per heavy atom. The van der Waals surface area contributed by atoms with Gasteiger partial charge in [0.15, 0.2) is 6.29 Å². The van der Waals surface area contributed by atoms with Gasteiger partial charge in [0.1, 0.15) is 12.5 Å². The second kappa shape index (κ2) is 20.9. The molecule has 354 valence electrons. The Balaban J connectivity index is 1.40. The zero-order valence-electron chi connectivity index (χ0n) is 39.9. The first-order valence-electron chi connectivity index (χ1n) is 24.0. The second-order valence-corrected chi connectivity index (χ2v) is 20.9. The smallest absolute Gasteiger partial charge is 0.155 e. The number of aldehydes is 1. The summed E-state index contributed by atoms with van der Waals surface area (Å²) in [6.07, 6.45) is 17.7. The number of aliphatic hydroxyl groups is 5. The van der Waals surface area contributed by atoms with E-state index in [2.05, 4.69) is 78.8 Å². The maximum Gasteiger partial charge on any atom is 0.155 e. The van der Waals surface area contributed by atoms with Crippen molar-refractivity contribution in [1.82, 2.24) is 10.6 Å². The summed E-state index contributed by atoms with van der Waals surface area (Å²) in [4.78, 5) is 12.7. The van der Waals surface area contributed by atoms with Gasteiger partial charge < -0.3 is 40.3 Å². The number of carbonyl (C=O) groups excluding carboxylic acids is 1. The predicted molar refractivity (Wildman–Crippen MR) is 254 cm³/mol. The Hall–Kier alpha value is -3.03. The molecule has 6 bridgehead atoms. The van der Waals surface area contributed by atoms with Gasteiger partial charge in [-0.3, -0.25) is 10.1 Å². The lowest BCUT2D eigenvalue weighted by atomic mass is 9.34. The molecular formula is C54H80N2O8. The Morgan fingerprint density at radius 3 is 2.56 bits per heavy atom. The number of allylic oxidation sites excluding steroid dienone is 9. The lowest BCUT2D eigenvalue weighted by Gasteiger charge is -2.71. The molecule has 3 saturated carbocycles. The first-order chi connectivity index (χ1) is 30.5. The maximum atomic E-state index is 13.5. The molecule has 1 aromatic rings. The first kappa shape index (κ1) is 50.4. The highest BCUT2D eigenvalue weighted by molar-refractivity contribution is 5.75. The molecule has 6 rings (SSSR count). The van der Waals surface area contributed by atoms with Crippen LogP contribution in [0, 0.1) is 39.9 Å². The molecule has 0 unspecified atom stereocenters. The van der Waals surface area contributed by atoms with Crippen molar-refractivity contribution >= 4 is 6.29 Å². The number of carbonyl (C=O) groups is 1. The van der Waals surface area contributed by atoms with E-state index in [4.69, 9.17) is 9.47 Å². The molecule has 0 radical (unpaired) electrons. The number of fused-ring (bicyclic) bond motifs is 4. The predicted octanol–water partition coefficient (Wildman–Crippen LogP) is 7.21. The number of rotatable bonds is 18. The van der Waals surface area contributed by atoms with E-state index >= 15 is 0 Å². The van der Waals surface area contributed by atoms with Crippen molar-refractivity contribution in [3.05, 3.63) is 106 Å². The van der Waals surface area contributed by atoms with E-state index < -0.39 is 40.5 Å². The number of aliphatic hydroxyl groups excluding tert-OH is 4. The normalized spacial score (nSPS) is 37.4. The second-order valence-electron chi connectivity index (χ2n) is 20.9. The Kier molecular flexibility index (Phi) is 16.4. The molecule has 1 heterocycles. The summed E-state index contributed by atoms with van der Waals surface area (Å²) in [7, 11) is 3.58. The molecule has 7 N–H and O–H groups in total. The summed E-state index contributed by atoms with van der Waals surface area (Å²) in [6, 6.07) is 8.69. The minimum atomic E-state index is -1.27. The Morgan fingerprint density at radius 2 is 1.86 bits per heavy atom. The summed E-state index contributed by atoms with van der Waals surface area (Å²) in [5.74, 6) is -0.0733. The summed E-state index contributed by atoms with van der Waals surface area (Å²) in [5, 5.41) is 66.5. The quantitative estimate of drug-likeness (QED) is 0.0264. The van der Waals surface area contributed by atoms with Crippen LogP contribution in [0.15, 0.2) is 95.2 Å². The number of ether oxygens (including phenoxy) is 2. The van der Waals surface area contributed by atoms with Crippen LogP contribution < -0.4 is 10.6 Å². The van der Waals surface area contributed by atoms with Crippen molar-refractivity contribution in [3.63, 3.8) is 0 Å². The minimum absolute atomic E-state index is 0.0356. The third kappa shape index (κ3) is 9.56. The Bertz CT molecular complexity index is 1970. The van der Waals surface area contributed by atoms with Gasteiger partial charge in [0.25, 0.3) is 0 Å². The van der Waals surface area contributed by atoms with Crippen LogP contribution in [-0.2, 0) is 27.1 Å². The van der Waals surface area contributed by atoms with Crippen molar-refractivity contribution < 1.29 is 39.8 Å². The molecule has 5 aliphatic rings. The van der Waals surface area contributed by atoms with Crippen LogP contribution in [0.2, 0.25) is 0 Å². The molecule has 11 atom stereocenters. The van der Waals surface area contributed by atoms with Crippen LogP contribution in [-0.4, -0.2) is 102 Å². The molecule has 1 aliphatic heterocycles. The van der Waals surface area contributed by atoms with E-state index in [1.54, 1.807) is 7.11 Å². The van der Waals surface area contributed by atoms with Crippen LogP contribution >= 0.6 is 0 Å². The third-order valence-electron chi connectivity index (χ3n) is 16.4. The SMILES string of the molecule is C=C(/C=C/C=C(/CO[C@H](O)CC(C)C)[C@]12CC[C@@]3([C@@H]1O)[C@@](O)(CCNC)C[C@@H]1C=C[C@H](CCO)[C@@]3(CC2)C1=C(C)C=O)[C@H]1C/C=C(\C)[C@@H](O)N[C@@](C)(CCOC)Cc2cccc(c2)C1. The number of benzene rings is 1. The van der Waals surface area contributed by atoms with Gasteiger partial charge in [0.05, 0.1) is 18.3 Å². The van der Waals surface area contributed by atoms with E-state index in [9.17, 15) is 30.3 Å². The molecule has 3 fully saturated rings. The van der Waals surface area contributed by atoms with Gasteiger partial charge in [-0.25, -0.2) is 0 Å². The van der Waals surface area contributed by atoms with Crippen LogP contribution in [0.25, 0.3) is 0 Å². The molecule has 64 heavy (non-hydrogen) atoms. The van der Waals surface area contributed by atoms with Crippen molar-refractivity contribution in [2.45, 2.75) is 141 Å². The van der Waals surface area contributed by atoms with E-state index in [1.807, 2.05) is 40.8 Å². The van der Waals surface area contributed by atoms with Crippen LogP contribution in [0.4, 0.5) is 0 Å². The summed E-state index contributed by atoms with van der Waals surface area (Å²) in [5.41, 5.74) is 2.54. The fourth-order valence-corrected chi connectivity index (χ4v) is 13.3. The lowest BCUT2D eigenvalue weighted by molar-refractivity contribution is -0.257. The summed E-state index contributed by atoms with van der Waals surface area (Å²) < 4.78 is 11.7. The van der Waals surface area contributed by atoms with Gasteiger partial charge in [-0.15, -0.1) is 0 Å². The molecule has 10 nitrogen and oxygen atoms in total. The van der Waals surface area contributed by atoms with Crippen molar-refractivity contribution in [2.75, 3.05) is 40.5 Å². The highest BCUT2D eigenvalue weighted by atomic mass is 16.6. The van der Waals surface area contributed by atoms with Crippen molar-refractivity contribution in [2.24, 2.45) is 39.9 Å². The fraction of sp³-hybridized carbons (Fsp3) is 0.648. The van der Waals surface area contributed by atoms with Gasteiger partial charge in [-0.1, -0.05) is 86.7 Å². The summed E-state index contributed by atoms with van der Waals surface area (Å²) >= 11 is 0. The molecule has 0 amide bonds. The molecular weight excluding hydrogens is 805 g/mol. The van der Waals surface area contributed by atoms with E-state index in [0.29, 0.717) is 76.5 Å². The molecule has 0 aromatic heterocycles. The number of hydrogen-bond acceptors (Lipinski definition) is 10. The van der Waals surface area contributed by atoms with Crippen molar-refractivity contribution in [3.8, 4) is 0 Å². The van der Waals surface area contributed by atoms with E-state index in [-0.39, 0.29) is 42.4 Å². The maximum absolute atomic E-state index is 13.5. The van der Waals surface area contributed by atoms with Crippen LogP contribution in [0.3, 0.4) is 0 Å². The third-order valence-corrected chi connectivity index (χ3v) is 16.4. The molecule has 4 aliphatic carbocycles.